The van der Waals surface area contributed by atoms with Crippen molar-refractivity contribution in [1.29, 1.82) is 0 Å². The van der Waals surface area contributed by atoms with Gasteiger partial charge in [-0.15, -0.1) is 0 Å². The summed E-state index contributed by atoms with van der Waals surface area (Å²) in [6.07, 6.45) is 7.57. The van der Waals surface area contributed by atoms with E-state index in [4.69, 9.17) is 14.2 Å². The van der Waals surface area contributed by atoms with Crippen LogP contribution in [0.3, 0.4) is 0 Å². The highest BCUT2D eigenvalue weighted by molar-refractivity contribution is 6.08. The Morgan fingerprint density at radius 3 is 2.70 bits per heavy atom. The lowest BCUT2D eigenvalue weighted by Gasteiger charge is -2.34. The molecule has 0 aromatic heterocycles. The molecule has 0 saturated heterocycles. The predicted octanol–water partition coefficient (Wildman–Crippen LogP) is 5.08. The molecule has 0 spiro atoms. The molecule has 2 heterocycles. The van der Waals surface area contributed by atoms with E-state index in [1.54, 1.807) is 0 Å². The number of carbonyl (C=O) groups excluding carboxylic acids is 1. The molecule has 7 heteroatoms. The smallest absolute Gasteiger partial charge is 0.200 e. The Bertz CT molecular complexity index is 1170. The van der Waals surface area contributed by atoms with Gasteiger partial charge in [-0.05, 0) is 51.8 Å². The van der Waals surface area contributed by atoms with Crippen LogP contribution in [0.15, 0.2) is 35.9 Å². The highest BCUT2D eigenvalue weighted by Crippen LogP contribution is 2.49. The van der Waals surface area contributed by atoms with Gasteiger partial charge in [0.1, 0.15) is 35.0 Å². The summed E-state index contributed by atoms with van der Waals surface area (Å²) < 4.78 is 17.1. The van der Waals surface area contributed by atoms with Gasteiger partial charge in [-0.1, -0.05) is 17.7 Å². The number of phenolic OH excluding ortho intramolecular Hbond substituents is 3. The molecule has 0 radical (unpaired) electrons. The molecular weight excluding hydrogens is 424 g/mol. The number of aromatic hydroxyl groups is 3. The Balaban J connectivity index is 1.67. The summed E-state index contributed by atoms with van der Waals surface area (Å²) in [4.78, 5) is 13.3. The van der Waals surface area contributed by atoms with Gasteiger partial charge in [-0.25, -0.2) is 0 Å². The second kappa shape index (κ2) is 8.39. The van der Waals surface area contributed by atoms with Crippen LogP contribution in [0.1, 0.15) is 61.0 Å². The van der Waals surface area contributed by atoms with Crippen molar-refractivity contribution in [2.45, 2.75) is 45.1 Å². The number of rotatable bonds is 5. The second-order valence-electron chi connectivity index (χ2n) is 8.86. The van der Waals surface area contributed by atoms with Crippen LogP contribution < -0.4 is 14.2 Å². The first-order chi connectivity index (χ1) is 15.6. The van der Waals surface area contributed by atoms with Gasteiger partial charge in [0.25, 0.3) is 0 Å². The van der Waals surface area contributed by atoms with Crippen LogP contribution >= 0.6 is 0 Å². The number of hydrogen-bond acceptors (Lipinski definition) is 7. The van der Waals surface area contributed by atoms with E-state index in [1.807, 2.05) is 32.9 Å². The molecule has 0 unspecified atom stereocenters. The normalized spacial score (nSPS) is 20.8. The lowest BCUT2D eigenvalue weighted by atomic mass is 9.85. The fraction of sp³-hybridized carbons (Fsp3) is 0.346. The highest BCUT2D eigenvalue weighted by Gasteiger charge is 2.39. The van der Waals surface area contributed by atoms with E-state index in [2.05, 4.69) is 6.08 Å². The molecular formula is C26H28O7. The van der Waals surface area contributed by atoms with Gasteiger partial charge in [0, 0.05) is 11.6 Å². The van der Waals surface area contributed by atoms with Crippen molar-refractivity contribution in [3.8, 4) is 34.5 Å². The number of hydrogen-bond donors (Lipinski definition) is 3. The zero-order valence-corrected chi connectivity index (χ0v) is 19.1. The fourth-order valence-electron chi connectivity index (χ4n) is 4.26. The van der Waals surface area contributed by atoms with E-state index >= 15 is 0 Å². The minimum absolute atomic E-state index is 0.0288. The van der Waals surface area contributed by atoms with Gasteiger partial charge in [-0.2, -0.15) is 0 Å². The lowest BCUT2D eigenvalue weighted by Crippen LogP contribution is -2.33. The fourth-order valence-corrected chi connectivity index (χ4v) is 4.26. The molecule has 2 aromatic carbocycles. The zero-order chi connectivity index (χ0) is 23.9. The Morgan fingerprint density at radius 2 is 2.00 bits per heavy atom. The number of ether oxygens (including phenoxy) is 3. The molecule has 2 atom stereocenters. The third-order valence-corrected chi connectivity index (χ3v) is 6.10. The van der Waals surface area contributed by atoms with Gasteiger partial charge < -0.3 is 29.5 Å². The van der Waals surface area contributed by atoms with Gasteiger partial charge >= 0.3 is 0 Å². The second-order valence-corrected chi connectivity index (χ2v) is 8.86. The monoisotopic (exact) mass is 452 g/mol. The van der Waals surface area contributed by atoms with Crippen LogP contribution in [0.5, 0.6) is 34.5 Å². The maximum absolute atomic E-state index is 13.3. The molecule has 0 bridgehead atoms. The average molecular weight is 453 g/mol. The van der Waals surface area contributed by atoms with Gasteiger partial charge in [0.2, 0.25) is 5.75 Å². The number of ketones is 1. The number of allylic oxidation sites excluding steroid dienone is 2. The van der Waals surface area contributed by atoms with Crippen LogP contribution in [-0.4, -0.2) is 40.4 Å². The van der Waals surface area contributed by atoms with Crippen molar-refractivity contribution in [1.82, 2.24) is 0 Å². The van der Waals surface area contributed by atoms with Crippen LogP contribution in [0.2, 0.25) is 0 Å². The van der Waals surface area contributed by atoms with Crippen molar-refractivity contribution in [3.05, 3.63) is 52.6 Å². The number of carbonyl (C=O) groups is 1. The quantitative estimate of drug-likeness (QED) is 0.429. The largest absolute Gasteiger partial charge is 0.507 e. The molecule has 0 aliphatic carbocycles. The van der Waals surface area contributed by atoms with Crippen molar-refractivity contribution in [2.24, 2.45) is 0 Å². The van der Waals surface area contributed by atoms with E-state index < -0.39 is 28.8 Å². The van der Waals surface area contributed by atoms with Crippen LogP contribution in [-0.2, 0) is 0 Å². The summed E-state index contributed by atoms with van der Waals surface area (Å²) in [6, 6.07) is 4.40. The van der Waals surface area contributed by atoms with Crippen LogP contribution in [0, 0.1) is 0 Å². The molecule has 2 aliphatic heterocycles. The summed E-state index contributed by atoms with van der Waals surface area (Å²) in [5.41, 5.74) is 1.51. The number of phenols is 3. The van der Waals surface area contributed by atoms with E-state index in [9.17, 15) is 20.1 Å². The zero-order valence-electron chi connectivity index (χ0n) is 19.1. The topological polar surface area (TPSA) is 105 Å². The van der Waals surface area contributed by atoms with Crippen molar-refractivity contribution in [2.75, 3.05) is 13.7 Å². The Morgan fingerprint density at radius 1 is 1.24 bits per heavy atom. The maximum Gasteiger partial charge on any atom is 0.200 e. The molecule has 0 fully saturated rings. The van der Waals surface area contributed by atoms with Crippen LogP contribution in [0.25, 0.3) is 6.08 Å². The lowest BCUT2D eigenvalue weighted by molar-refractivity contribution is 0.0886. The van der Waals surface area contributed by atoms with E-state index in [-0.39, 0.29) is 35.0 Å². The Hall–Kier alpha value is -3.61. The molecule has 3 N–H and O–H groups in total. The summed E-state index contributed by atoms with van der Waals surface area (Å²) in [7, 11) is 1.36. The van der Waals surface area contributed by atoms with Crippen molar-refractivity contribution in [3.63, 3.8) is 0 Å². The number of benzene rings is 2. The molecule has 4 rings (SSSR count). The summed E-state index contributed by atoms with van der Waals surface area (Å²) >= 11 is 0. The molecule has 2 aliphatic rings. The molecule has 7 nitrogen and oxygen atoms in total. The van der Waals surface area contributed by atoms with Crippen LogP contribution in [0.4, 0.5) is 0 Å². The first kappa shape index (κ1) is 22.6. The molecule has 174 valence electrons. The van der Waals surface area contributed by atoms with Gasteiger partial charge in [0.15, 0.2) is 17.3 Å². The third-order valence-electron chi connectivity index (χ3n) is 6.10. The minimum atomic E-state index is -0.902. The Kier molecular flexibility index (Phi) is 5.74. The maximum atomic E-state index is 13.3. The molecule has 0 saturated carbocycles. The standard InChI is InChI=1S/C26H28O7/c1-14(2)6-5-10-26(3)11-9-16-20(33-26)12-18(27)21-22(28)17(13-32-25(16)21)15-7-8-19(31-4)24(30)23(15)29/h6-9,11-12,17,27,29-30H,5,10,13H2,1-4H3/t17-,26-/m1/s1. The molecule has 33 heavy (non-hydrogen) atoms. The molecule has 2 aromatic rings. The Labute approximate surface area is 192 Å². The van der Waals surface area contributed by atoms with E-state index in [0.717, 1.165) is 12.8 Å². The number of methoxy groups -OCH3 is 1. The SMILES string of the molecule is COc1ccc([C@H]2COc3c4c(cc(O)c3C2=O)O[C@](C)(CCC=C(C)C)C=C4)c(O)c1O. The van der Waals surface area contributed by atoms with Crippen molar-refractivity contribution >= 4 is 11.9 Å². The van der Waals surface area contributed by atoms with Gasteiger partial charge in [0.05, 0.1) is 18.6 Å². The third kappa shape index (κ3) is 3.99. The number of fused-ring (bicyclic) bond motifs is 3. The average Bonchev–Trinajstić information content (AvgIpc) is 2.75. The molecule has 0 amide bonds. The first-order valence-corrected chi connectivity index (χ1v) is 10.8. The first-order valence-electron chi connectivity index (χ1n) is 10.8. The van der Waals surface area contributed by atoms with Crippen molar-refractivity contribution < 1.29 is 34.3 Å². The summed E-state index contributed by atoms with van der Waals surface area (Å²) in [5, 5.41) is 31.3. The predicted molar refractivity (Wildman–Crippen MR) is 124 cm³/mol. The van der Waals surface area contributed by atoms with E-state index in [1.165, 1.54) is 30.9 Å². The highest BCUT2D eigenvalue weighted by atomic mass is 16.5. The summed E-state index contributed by atoms with van der Waals surface area (Å²) in [5.74, 6) is -1.68. The summed E-state index contributed by atoms with van der Waals surface area (Å²) in [6.45, 7) is 6.01. The van der Waals surface area contributed by atoms with Gasteiger partial charge in [-0.3, -0.25) is 4.79 Å². The number of Topliss-reactive ketones (excluding diaryl/α,β-unsaturated/α-hetero) is 1. The van der Waals surface area contributed by atoms with E-state index in [0.29, 0.717) is 11.3 Å². The minimum Gasteiger partial charge on any atom is -0.507 e.